The van der Waals surface area contributed by atoms with Gasteiger partial charge in [-0.15, -0.1) is 0 Å². The van der Waals surface area contributed by atoms with Crippen LogP contribution in [0.3, 0.4) is 0 Å². The van der Waals surface area contributed by atoms with E-state index in [0.717, 1.165) is 0 Å². The summed E-state index contributed by atoms with van der Waals surface area (Å²) in [4.78, 5) is 13.8. The third-order valence-electron chi connectivity index (χ3n) is 2.71. The second-order valence-electron chi connectivity index (χ2n) is 4.23. The van der Waals surface area contributed by atoms with Crippen molar-refractivity contribution >= 4 is 16.1 Å². The van der Waals surface area contributed by atoms with Gasteiger partial charge in [0.25, 0.3) is 10.1 Å². The predicted octanol–water partition coefficient (Wildman–Crippen LogP) is -0.338. The summed E-state index contributed by atoms with van der Waals surface area (Å²) in [5, 5.41) is 0. The fraction of sp³-hybridized carbons (Fsp3) is 0.455. The van der Waals surface area contributed by atoms with Crippen LogP contribution in [0.2, 0.25) is 0 Å². The highest BCUT2D eigenvalue weighted by atomic mass is 32.2. The second kappa shape index (κ2) is 5.64. The zero-order valence-electron chi connectivity index (χ0n) is 10.2. The Morgan fingerprint density at radius 3 is 2.74 bits per heavy atom. The number of amides is 1. The highest BCUT2D eigenvalue weighted by molar-refractivity contribution is 7.85. The molecule has 0 bridgehead atoms. The summed E-state index contributed by atoms with van der Waals surface area (Å²) < 4.78 is 36.9. The van der Waals surface area contributed by atoms with E-state index >= 15 is 0 Å². The van der Waals surface area contributed by atoms with Crippen LogP contribution < -0.4 is 4.57 Å². The third-order valence-corrected chi connectivity index (χ3v) is 3.41. The van der Waals surface area contributed by atoms with E-state index < -0.39 is 15.9 Å². The van der Waals surface area contributed by atoms with E-state index in [-0.39, 0.29) is 6.03 Å². The SMILES string of the molecule is O=C(N1CCOCC1)[n+]1cccc(CS(=O)(=O)O)c1. The molecule has 1 aromatic rings. The maximum Gasteiger partial charge on any atom is 0.498 e. The van der Waals surface area contributed by atoms with Crippen LogP contribution in [0.4, 0.5) is 4.79 Å². The summed E-state index contributed by atoms with van der Waals surface area (Å²) in [5.41, 5.74) is 0.353. The first-order chi connectivity index (χ1) is 8.96. The fourth-order valence-electron chi connectivity index (χ4n) is 1.86. The molecule has 0 aromatic carbocycles. The average molecular weight is 287 g/mol. The topological polar surface area (TPSA) is 87.8 Å². The van der Waals surface area contributed by atoms with Crippen molar-refractivity contribution in [2.45, 2.75) is 5.75 Å². The number of morpholine rings is 1. The number of carbonyl (C=O) groups excluding carboxylic acids is 1. The summed E-state index contributed by atoms with van der Waals surface area (Å²) >= 11 is 0. The number of aromatic nitrogens is 1. The smallest absolute Gasteiger partial charge is 0.373 e. The Bertz CT molecular complexity index is 566. The third kappa shape index (κ3) is 3.98. The average Bonchev–Trinajstić information content (AvgIpc) is 2.37. The van der Waals surface area contributed by atoms with Gasteiger partial charge in [-0.3, -0.25) is 4.55 Å². The Kier molecular flexibility index (Phi) is 4.13. The molecule has 1 N–H and O–H groups in total. The van der Waals surface area contributed by atoms with Gasteiger partial charge in [0.2, 0.25) is 0 Å². The summed E-state index contributed by atoms with van der Waals surface area (Å²) in [6, 6.07) is 2.87. The minimum Gasteiger partial charge on any atom is -0.373 e. The standard InChI is InChI=1S/C11H14N2O5S/c14-11(12-4-6-18-7-5-12)13-3-1-2-10(8-13)9-19(15,16)17/h1-3,8H,4-7,9H2/p+1. The van der Waals surface area contributed by atoms with Crippen LogP contribution in [-0.4, -0.2) is 50.2 Å². The van der Waals surface area contributed by atoms with Gasteiger partial charge in [-0.1, -0.05) is 6.07 Å². The largest absolute Gasteiger partial charge is 0.498 e. The van der Waals surface area contributed by atoms with Crippen LogP contribution in [0, 0.1) is 0 Å². The molecule has 0 unspecified atom stereocenters. The molecule has 0 saturated carbocycles. The van der Waals surface area contributed by atoms with Crippen LogP contribution in [0.1, 0.15) is 5.56 Å². The van der Waals surface area contributed by atoms with Gasteiger partial charge in [-0.2, -0.15) is 17.8 Å². The number of carbonyl (C=O) groups is 1. The van der Waals surface area contributed by atoms with Crippen LogP contribution in [0.5, 0.6) is 0 Å². The molecule has 19 heavy (non-hydrogen) atoms. The molecule has 1 aliphatic rings. The monoisotopic (exact) mass is 287 g/mol. The first-order valence-electron chi connectivity index (χ1n) is 5.78. The Balaban J connectivity index is 2.15. The molecular formula is C11H15N2O5S+. The Morgan fingerprint density at radius 1 is 1.42 bits per heavy atom. The lowest BCUT2D eigenvalue weighted by molar-refractivity contribution is -0.579. The van der Waals surface area contributed by atoms with Crippen molar-refractivity contribution in [3.05, 3.63) is 30.1 Å². The van der Waals surface area contributed by atoms with Crippen molar-refractivity contribution in [3.8, 4) is 0 Å². The van der Waals surface area contributed by atoms with Crippen LogP contribution >= 0.6 is 0 Å². The lowest BCUT2D eigenvalue weighted by atomic mass is 10.3. The van der Waals surface area contributed by atoms with E-state index in [1.165, 1.54) is 16.8 Å². The molecule has 1 amide bonds. The quantitative estimate of drug-likeness (QED) is 0.594. The zero-order chi connectivity index (χ0) is 13.9. The van der Waals surface area contributed by atoms with E-state index in [9.17, 15) is 13.2 Å². The Labute approximate surface area is 111 Å². The molecule has 2 rings (SSSR count). The van der Waals surface area contributed by atoms with E-state index in [1.807, 2.05) is 0 Å². The molecule has 1 fully saturated rings. The van der Waals surface area contributed by atoms with Crippen LogP contribution in [-0.2, 0) is 20.6 Å². The minimum atomic E-state index is -4.10. The molecule has 8 heteroatoms. The molecule has 0 radical (unpaired) electrons. The van der Waals surface area contributed by atoms with Gasteiger partial charge in [0.05, 0.1) is 19.4 Å². The number of pyridine rings is 1. The van der Waals surface area contributed by atoms with Crippen molar-refractivity contribution in [2.24, 2.45) is 0 Å². The zero-order valence-corrected chi connectivity index (χ0v) is 11.0. The molecule has 7 nitrogen and oxygen atoms in total. The summed E-state index contributed by atoms with van der Waals surface area (Å²) in [6.07, 6.45) is 2.96. The maximum absolute atomic E-state index is 12.1. The molecular weight excluding hydrogens is 272 g/mol. The van der Waals surface area contributed by atoms with E-state index in [4.69, 9.17) is 9.29 Å². The van der Waals surface area contributed by atoms with Gasteiger partial charge in [0.15, 0.2) is 0 Å². The van der Waals surface area contributed by atoms with E-state index in [0.29, 0.717) is 31.9 Å². The van der Waals surface area contributed by atoms with Crippen molar-refractivity contribution in [1.29, 1.82) is 0 Å². The lowest BCUT2D eigenvalue weighted by Gasteiger charge is -2.19. The van der Waals surface area contributed by atoms with Crippen molar-refractivity contribution in [2.75, 3.05) is 26.3 Å². The molecule has 1 aromatic heterocycles. The molecule has 0 spiro atoms. The number of ether oxygens (including phenoxy) is 1. The van der Waals surface area contributed by atoms with Crippen LogP contribution in [0.15, 0.2) is 24.5 Å². The number of hydrogen-bond donors (Lipinski definition) is 1. The van der Waals surface area contributed by atoms with E-state index in [1.54, 1.807) is 17.2 Å². The Hall–Kier alpha value is -1.51. The second-order valence-corrected chi connectivity index (χ2v) is 5.68. The number of rotatable bonds is 2. The van der Waals surface area contributed by atoms with Crippen molar-refractivity contribution in [3.63, 3.8) is 0 Å². The van der Waals surface area contributed by atoms with Crippen LogP contribution in [0.25, 0.3) is 0 Å². The maximum atomic E-state index is 12.1. The molecule has 1 saturated heterocycles. The van der Waals surface area contributed by atoms with Crippen molar-refractivity contribution < 1.29 is 27.1 Å². The highest BCUT2D eigenvalue weighted by Crippen LogP contribution is 2.02. The van der Waals surface area contributed by atoms with Gasteiger partial charge in [-0.05, 0) is 6.07 Å². The van der Waals surface area contributed by atoms with Gasteiger partial charge >= 0.3 is 6.03 Å². The van der Waals surface area contributed by atoms with Gasteiger partial charge in [0.1, 0.15) is 25.0 Å². The summed E-state index contributed by atoms with van der Waals surface area (Å²) in [5.74, 6) is -0.510. The van der Waals surface area contributed by atoms with Gasteiger partial charge < -0.3 is 4.74 Å². The first kappa shape index (κ1) is 13.9. The highest BCUT2D eigenvalue weighted by Gasteiger charge is 2.26. The predicted molar refractivity (Wildman–Crippen MR) is 65.1 cm³/mol. The number of nitrogens with zero attached hydrogens (tertiary/aromatic N) is 2. The van der Waals surface area contributed by atoms with Crippen molar-refractivity contribution in [1.82, 2.24) is 4.90 Å². The Morgan fingerprint density at radius 2 is 2.11 bits per heavy atom. The van der Waals surface area contributed by atoms with Gasteiger partial charge in [-0.25, -0.2) is 4.90 Å². The molecule has 2 heterocycles. The number of hydrogen-bond acceptors (Lipinski definition) is 4. The normalized spacial score (nSPS) is 16.4. The summed E-state index contributed by atoms with van der Waals surface area (Å²) in [6.45, 7) is 2.01. The molecule has 1 aliphatic heterocycles. The van der Waals surface area contributed by atoms with Gasteiger partial charge in [0, 0.05) is 5.56 Å². The summed E-state index contributed by atoms with van der Waals surface area (Å²) in [7, 11) is -4.10. The molecule has 0 aliphatic carbocycles. The minimum absolute atomic E-state index is 0.236. The lowest BCUT2D eigenvalue weighted by Crippen LogP contribution is -2.55. The fourth-order valence-corrected chi connectivity index (χ4v) is 2.45. The first-order valence-corrected chi connectivity index (χ1v) is 7.39. The molecule has 0 atom stereocenters. The molecule has 104 valence electrons. The van der Waals surface area contributed by atoms with E-state index in [2.05, 4.69) is 0 Å².